The van der Waals surface area contributed by atoms with Crippen molar-refractivity contribution in [3.8, 4) is 0 Å². The van der Waals surface area contributed by atoms with E-state index in [1.54, 1.807) is 0 Å². The van der Waals surface area contributed by atoms with Gasteiger partial charge in [0.15, 0.2) is 0 Å². The van der Waals surface area contributed by atoms with Crippen LogP contribution in [0.15, 0.2) is 0 Å². The Bertz CT molecular complexity index is 273. The average molecular weight is 224 g/mol. The molecule has 6 nitrogen and oxygen atoms in total. The maximum atomic E-state index is 11.1. The summed E-state index contributed by atoms with van der Waals surface area (Å²) in [5, 5.41) is 8.27. The number of nitrogens with one attached hydrogen (secondary N) is 2. The molecule has 0 aromatic rings. The van der Waals surface area contributed by atoms with Gasteiger partial charge in [0.05, 0.1) is 6.42 Å². The first kappa shape index (κ1) is 13.3. The van der Waals surface area contributed by atoms with E-state index in [0.717, 1.165) is 0 Å². The highest BCUT2D eigenvalue weighted by atomic mass is 32.2. The van der Waals surface area contributed by atoms with Gasteiger partial charge in [-0.2, -0.15) is 8.42 Å². The third-order valence-electron chi connectivity index (χ3n) is 1.31. The minimum absolute atomic E-state index is 0.0945. The van der Waals surface area contributed by atoms with E-state index < -0.39 is 16.2 Å². The standard InChI is InChI=1S/C7H16N2O4S/c1-6(2)5-9-14(12,13)8-4-3-7(10)11/h6,8-9H,3-5H2,1-2H3,(H,10,11). The van der Waals surface area contributed by atoms with E-state index in [1.807, 2.05) is 13.8 Å². The Hall–Kier alpha value is -0.660. The molecule has 0 amide bonds. The highest BCUT2D eigenvalue weighted by Gasteiger charge is 2.09. The summed E-state index contributed by atoms with van der Waals surface area (Å²) >= 11 is 0. The molecule has 0 radical (unpaired) electrons. The van der Waals surface area contributed by atoms with E-state index in [-0.39, 0.29) is 18.9 Å². The first-order valence-electron chi connectivity index (χ1n) is 4.29. The van der Waals surface area contributed by atoms with Crippen molar-refractivity contribution in [1.29, 1.82) is 0 Å². The number of hydrogen-bond donors (Lipinski definition) is 3. The minimum Gasteiger partial charge on any atom is -0.481 e. The Morgan fingerprint density at radius 3 is 2.36 bits per heavy atom. The van der Waals surface area contributed by atoms with Gasteiger partial charge in [0.2, 0.25) is 0 Å². The highest BCUT2D eigenvalue weighted by Crippen LogP contribution is 1.89. The molecule has 0 aliphatic carbocycles. The molecule has 0 aliphatic rings. The van der Waals surface area contributed by atoms with E-state index in [2.05, 4.69) is 9.44 Å². The second-order valence-corrected chi connectivity index (χ2v) is 4.87. The van der Waals surface area contributed by atoms with Crippen LogP contribution in [0.3, 0.4) is 0 Å². The van der Waals surface area contributed by atoms with Crippen molar-refractivity contribution >= 4 is 16.2 Å². The zero-order valence-corrected chi connectivity index (χ0v) is 9.10. The van der Waals surface area contributed by atoms with E-state index in [1.165, 1.54) is 0 Å². The normalized spacial score (nSPS) is 11.9. The molecule has 0 bridgehead atoms. The van der Waals surface area contributed by atoms with Gasteiger partial charge in [0.25, 0.3) is 10.2 Å². The first-order valence-corrected chi connectivity index (χ1v) is 5.78. The summed E-state index contributed by atoms with van der Waals surface area (Å²) in [6.07, 6.45) is -0.220. The van der Waals surface area contributed by atoms with Crippen LogP contribution in [0.2, 0.25) is 0 Å². The Balaban J connectivity index is 3.79. The van der Waals surface area contributed by atoms with Crippen LogP contribution in [0.4, 0.5) is 0 Å². The van der Waals surface area contributed by atoms with Gasteiger partial charge in [-0.15, -0.1) is 0 Å². The summed E-state index contributed by atoms with van der Waals surface area (Å²) in [6, 6.07) is 0. The lowest BCUT2D eigenvalue weighted by Crippen LogP contribution is -2.39. The summed E-state index contributed by atoms with van der Waals surface area (Å²) < 4.78 is 26.6. The van der Waals surface area contributed by atoms with Crippen molar-refractivity contribution in [3.05, 3.63) is 0 Å². The molecule has 84 valence electrons. The summed E-state index contributed by atoms with van der Waals surface area (Å²) in [5.74, 6) is -0.817. The Morgan fingerprint density at radius 1 is 1.36 bits per heavy atom. The van der Waals surface area contributed by atoms with Crippen LogP contribution in [0.25, 0.3) is 0 Å². The molecule has 0 unspecified atom stereocenters. The molecule has 0 spiro atoms. The molecule has 0 saturated carbocycles. The quantitative estimate of drug-likeness (QED) is 0.545. The molecule has 14 heavy (non-hydrogen) atoms. The Labute approximate surface area is 83.9 Å². The summed E-state index contributed by atoms with van der Waals surface area (Å²) in [5.41, 5.74) is 0. The lowest BCUT2D eigenvalue weighted by molar-refractivity contribution is -0.136. The predicted octanol–water partition coefficient (Wildman–Crippen LogP) is -0.459. The number of hydrogen-bond acceptors (Lipinski definition) is 3. The molecule has 7 heteroatoms. The van der Waals surface area contributed by atoms with Crippen LogP contribution in [0, 0.1) is 5.92 Å². The number of aliphatic carboxylic acids is 1. The molecule has 0 atom stereocenters. The lowest BCUT2D eigenvalue weighted by Gasteiger charge is -2.08. The van der Waals surface area contributed by atoms with E-state index in [9.17, 15) is 13.2 Å². The topological polar surface area (TPSA) is 95.5 Å². The average Bonchev–Trinajstić information content (AvgIpc) is 2.00. The number of rotatable bonds is 7. The maximum absolute atomic E-state index is 11.1. The van der Waals surface area contributed by atoms with Crippen molar-refractivity contribution in [3.63, 3.8) is 0 Å². The van der Waals surface area contributed by atoms with Gasteiger partial charge in [-0.1, -0.05) is 13.8 Å². The molecule has 0 aromatic carbocycles. The largest absolute Gasteiger partial charge is 0.481 e. The molecule has 3 N–H and O–H groups in total. The van der Waals surface area contributed by atoms with Gasteiger partial charge in [0, 0.05) is 13.1 Å². The highest BCUT2D eigenvalue weighted by molar-refractivity contribution is 7.87. The molecule has 0 aromatic heterocycles. The molecule has 0 fully saturated rings. The van der Waals surface area contributed by atoms with Crippen LogP contribution >= 0.6 is 0 Å². The van der Waals surface area contributed by atoms with Crippen molar-refractivity contribution in [2.75, 3.05) is 13.1 Å². The van der Waals surface area contributed by atoms with Crippen LogP contribution in [-0.2, 0) is 15.0 Å². The summed E-state index contributed by atoms with van der Waals surface area (Å²) in [6.45, 7) is 3.99. The molecular weight excluding hydrogens is 208 g/mol. The fourth-order valence-corrected chi connectivity index (χ4v) is 1.65. The SMILES string of the molecule is CC(C)CNS(=O)(=O)NCCC(=O)O. The van der Waals surface area contributed by atoms with Gasteiger partial charge < -0.3 is 5.11 Å². The molecule has 0 aliphatic heterocycles. The fraction of sp³-hybridized carbons (Fsp3) is 0.857. The van der Waals surface area contributed by atoms with Crippen LogP contribution < -0.4 is 9.44 Å². The smallest absolute Gasteiger partial charge is 0.304 e. The third-order valence-corrected chi connectivity index (χ3v) is 2.44. The minimum atomic E-state index is -3.54. The Kier molecular flexibility index (Phi) is 5.66. The maximum Gasteiger partial charge on any atom is 0.304 e. The van der Waals surface area contributed by atoms with E-state index in [0.29, 0.717) is 6.54 Å². The monoisotopic (exact) mass is 224 g/mol. The fourth-order valence-electron chi connectivity index (χ4n) is 0.620. The number of carboxylic acid groups (broad SMARTS) is 1. The second kappa shape index (κ2) is 5.94. The van der Waals surface area contributed by atoms with Gasteiger partial charge in [0.1, 0.15) is 0 Å². The summed E-state index contributed by atoms with van der Waals surface area (Å²) in [7, 11) is -3.54. The summed E-state index contributed by atoms with van der Waals surface area (Å²) in [4.78, 5) is 10.1. The van der Waals surface area contributed by atoms with Gasteiger partial charge >= 0.3 is 5.97 Å². The number of carbonyl (C=O) groups is 1. The van der Waals surface area contributed by atoms with Crippen LogP contribution in [0.5, 0.6) is 0 Å². The molecular formula is C7H16N2O4S. The lowest BCUT2D eigenvalue weighted by atomic mass is 10.2. The van der Waals surface area contributed by atoms with Crippen molar-refractivity contribution in [2.24, 2.45) is 5.92 Å². The van der Waals surface area contributed by atoms with Crippen LogP contribution in [-0.4, -0.2) is 32.6 Å². The second-order valence-electron chi connectivity index (χ2n) is 3.28. The van der Waals surface area contributed by atoms with E-state index >= 15 is 0 Å². The first-order chi connectivity index (χ1) is 6.33. The molecule has 0 rings (SSSR count). The Morgan fingerprint density at radius 2 is 1.93 bits per heavy atom. The predicted molar refractivity (Wildman–Crippen MR) is 52.0 cm³/mol. The van der Waals surface area contributed by atoms with Crippen molar-refractivity contribution < 1.29 is 18.3 Å². The van der Waals surface area contributed by atoms with Gasteiger partial charge in [-0.05, 0) is 5.92 Å². The van der Waals surface area contributed by atoms with Crippen molar-refractivity contribution in [1.82, 2.24) is 9.44 Å². The van der Waals surface area contributed by atoms with E-state index in [4.69, 9.17) is 5.11 Å². The zero-order chi connectivity index (χ0) is 11.2. The third kappa shape index (κ3) is 7.96. The van der Waals surface area contributed by atoms with Crippen LogP contribution in [0.1, 0.15) is 20.3 Å². The van der Waals surface area contributed by atoms with Gasteiger partial charge in [-0.25, -0.2) is 9.44 Å². The zero-order valence-electron chi connectivity index (χ0n) is 8.28. The molecule has 0 saturated heterocycles. The molecule has 0 heterocycles. The van der Waals surface area contributed by atoms with Crippen molar-refractivity contribution in [2.45, 2.75) is 20.3 Å². The number of carboxylic acids is 1. The van der Waals surface area contributed by atoms with Gasteiger partial charge in [-0.3, -0.25) is 4.79 Å².